The van der Waals surface area contributed by atoms with Crippen molar-refractivity contribution in [3.8, 4) is 0 Å². The van der Waals surface area contributed by atoms with Crippen LogP contribution in [0.2, 0.25) is 0 Å². The molecule has 5 heteroatoms. The number of nitrogens with zero attached hydrogens (tertiary/aromatic N) is 1. The molecule has 0 aromatic rings. The van der Waals surface area contributed by atoms with Gasteiger partial charge >= 0.3 is 0 Å². The molecule has 0 unspecified atom stereocenters. The summed E-state index contributed by atoms with van der Waals surface area (Å²) in [4.78, 5) is 11.1. The zero-order valence-electron chi connectivity index (χ0n) is 2.21. The SMILES string of the molecule is O=NOO.[Ti]. The second-order valence-corrected chi connectivity index (χ2v) is 0.156. The quantitative estimate of drug-likeness (QED) is 0.227. The van der Waals surface area contributed by atoms with Gasteiger partial charge in [-0.15, -0.1) is 4.91 Å². The van der Waals surface area contributed by atoms with Crippen LogP contribution in [0.4, 0.5) is 0 Å². The molecule has 0 saturated carbocycles. The average Bonchev–Trinajstić information content (AvgIpc) is 1.37. The van der Waals surface area contributed by atoms with Crippen molar-refractivity contribution in [1.82, 2.24) is 0 Å². The Kier molecular flexibility index (Phi) is 16.0. The van der Waals surface area contributed by atoms with Crippen molar-refractivity contribution in [2.45, 2.75) is 0 Å². The number of hydrogen-bond donors (Lipinski definition) is 1. The summed E-state index contributed by atoms with van der Waals surface area (Å²) in [6.45, 7) is 0. The van der Waals surface area contributed by atoms with E-state index in [1.165, 1.54) is 0 Å². The van der Waals surface area contributed by atoms with Crippen molar-refractivity contribution in [2.75, 3.05) is 0 Å². The van der Waals surface area contributed by atoms with Crippen molar-refractivity contribution in [1.29, 1.82) is 0 Å². The maximum atomic E-state index is 8.45. The Labute approximate surface area is 42.9 Å². The summed E-state index contributed by atoms with van der Waals surface area (Å²) >= 11 is 0. The number of rotatable bonds is 1. The predicted molar refractivity (Wildman–Crippen MR) is 9.51 cm³/mol. The fourth-order valence-electron chi connectivity index (χ4n) is 0. The van der Waals surface area contributed by atoms with Crippen LogP contribution in [-0.2, 0) is 26.7 Å². The average molecular weight is 111 g/mol. The molecule has 0 radical (unpaired) electrons. The Morgan fingerprint density at radius 3 is 2.00 bits per heavy atom. The van der Waals surface area contributed by atoms with Gasteiger partial charge in [-0.05, 0) is 0 Å². The minimum Gasteiger partial charge on any atom is -0.184 e. The first-order chi connectivity index (χ1) is 1.91. The van der Waals surface area contributed by atoms with Crippen molar-refractivity contribution in [2.24, 2.45) is 5.34 Å². The van der Waals surface area contributed by atoms with Crippen LogP contribution in [0.1, 0.15) is 0 Å². The van der Waals surface area contributed by atoms with E-state index in [-0.39, 0.29) is 21.7 Å². The van der Waals surface area contributed by atoms with Crippen molar-refractivity contribution in [3.63, 3.8) is 0 Å². The van der Waals surface area contributed by atoms with Gasteiger partial charge in [-0.2, -0.15) is 10.2 Å². The van der Waals surface area contributed by atoms with Gasteiger partial charge in [0.15, 0.2) is 5.34 Å². The maximum Gasteiger partial charge on any atom is 0.190 e. The summed E-state index contributed by atoms with van der Waals surface area (Å²) in [5.41, 5.74) is 0. The third-order valence-corrected chi connectivity index (χ3v) is 0.0333. The van der Waals surface area contributed by atoms with Crippen LogP contribution in [0.5, 0.6) is 0 Å². The first kappa shape index (κ1) is 8.91. The van der Waals surface area contributed by atoms with Gasteiger partial charge in [0, 0.05) is 21.7 Å². The Balaban J connectivity index is 0. The van der Waals surface area contributed by atoms with E-state index in [9.17, 15) is 0 Å². The predicted octanol–water partition coefficient (Wildman–Crippen LogP) is 0.155. The van der Waals surface area contributed by atoms with Crippen LogP contribution in [0.15, 0.2) is 5.34 Å². The number of hydrogen-bond acceptors (Lipinski definition) is 4. The van der Waals surface area contributed by atoms with E-state index in [1.54, 1.807) is 5.34 Å². The first-order valence-electron chi connectivity index (χ1n) is 0.548. The molecule has 0 fully saturated rings. The molecule has 0 aliphatic heterocycles. The Hall–Kier alpha value is 0.0743. The van der Waals surface area contributed by atoms with Gasteiger partial charge in [0.05, 0.1) is 0 Å². The molecule has 4 nitrogen and oxygen atoms in total. The molecule has 0 bridgehead atoms. The van der Waals surface area contributed by atoms with E-state index in [2.05, 4.69) is 4.99 Å². The molecule has 5 heavy (non-hydrogen) atoms. The topological polar surface area (TPSA) is 58.9 Å². The van der Waals surface area contributed by atoms with Gasteiger partial charge in [-0.1, -0.05) is 0 Å². The Bertz CT molecular complexity index is 20.9. The molecular weight excluding hydrogens is 110 g/mol. The molecule has 1 N–H and O–H groups in total. The molecule has 0 saturated heterocycles. The molecule has 28 valence electrons. The van der Waals surface area contributed by atoms with E-state index in [0.717, 1.165) is 0 Å². The second-order valence-electron chi connectivity index (χ2n) is 0.156. The van der Waals surface area contributed by atoms with E-state index < -0.39 is 0 Å². The molecule has 0 heterocycles. The molecule has 0 aliphatic carbocycles. The van der Waals surface area contributed by atoms with Gasteiger partial charge in [-0.25, -0.2) is 0 Å². The summed E-state index contributed by atoms with van der Waals surface area (Å²) < 4.78 is 0. The summed E-state index contributed by atoms with van der Waals surface area (Å²) in [6, 6.07) is 0. The van der Waals surface area contributed by atoms with E-state index >= 15 is 0 Å². The zero-order valence-corrected chi connectivity index (χ0v) is 3.77. The third kappa shape index (κ3) is 15.2. The smallest absolute Gasteiger partial charge is 0.184 e. The normalized spacial score (nSPS) is 4.20. The van der Waals surface area contributed by atoms with E-state index in [0.29, 0.717) is 0 Å². The Morgan fingerprint density at radius 1 is 1.80 bits per heavy atom. The zero-order chi connectivity index (χ0) is 3.41. The maximum absolute atomic E-state index is 8.45. The third-order valence-electron chi connectivity index (χ3n) is 0.0333. The van der Waals surface area contributed by atoms with E-state index in [4.69, 9.17) is 10.2 Å². The largest absolute Gasteiger partial charge is 0.190 e. The molecule has 0 atom stereocenters. The molecule has 0 aliphatic rings. The molecular formula is HNO3Ti. The second kappa shape index (κ2) is 8.95. The van der Waals surface area contributed by atoms with Crippen LogP contribution < -0.4 is 0 Å². The van der Waals surface area contributed by atoms with Gasteiger partial charge in [0.25, 0.3) is 0 Å². The van der Waals surface area contributed by atoms with Crippen LogP contribution in [0.3, 0.4) is 0 Å². The van der Waals surface area contributed by atoms with Gasteiger partial charge in [-0.3, -0.25) is 0 Å². The summed E-state index contributed by atoms with van der Waals surface area (Å²) in [7, 11) is 0. The summed E-state index contributed by atoms with van der Waals surface area (Å²) in [6.07, 6.45) is 0. The minimum absolute atomic E-state index is 0. The molecule has 0 amide bonds. The Morgan fingerprint density at radius 2 is 2.00 bits per heavy atom. The summed E-state index contributed by atoms with van der Waals surface area (Å²) in [5.74, 6) is 0. The van der Waals surface area contributed by atoms with E-state index in [1.807, 2.05) is 0 Å². The molecule has 0 rings (SSSR count). The minimum atomic E-state index is 0. The van der Waals surface area contributed by atoms with Crippen LogP contribution in [0, 0.1) is 4.91 Å². The fourth-order valence-corrected chi connectivity index (χ4v) is 0. The van der Waals surface area contributed by atoms with Crippen LogP contribution in [0.25, 0.3) is 0 Å². The van der Waals surface area contributed by atoms with Crippen LogP contribution >= 0.6 is 0 Å². The molecule has 0 aromatic heterocycles. The monoisotopic (exact) mass is 111 g/mol. The van der Waals surface area contributed by atoms with Gasteiger partial charge < -0.3 is 0 Å². The van der Waals surface area contributed by atoms with Gasteiger partial charge in [0.1, 0.15) is 0 Å². The van der Waals surface area contributed by atoms with Crippen LogP contribution in [-0.4, -0.2) is 5.26 Å². The fraction of sp³-hybridized carbons (Fsp3) is 0. The molecule has 0 aromatic carbocycles. The first-order valence-corrected chi connectivity index (χ1v) is 0.548. The standard InChI is InChI=1S/HNO3.Ti/c2-1-4-3;/h3H;. The summed E-state index contributed by atoms with van der Waals surface area (Å²) in [5, 5.41) is 8.44. The van der Waals surface area contributed by atoms with Crippen molar-refractivity contribution >= 4 is 0 Å². The van der Waals surface area contributed by atoms with Crippen molar-refractivity contribution < 1.29 is 32.0 Å². The van der Waals surface area contributed by atoms with Gasteiger partial charge in [0.2, 0.25) is 0 Å². The van der Waals surface area contributed by atoms with Crippen molar-refractivity contribution in [3.05, 3.63) is 4.91 Å². The molecule has 0 spiro atoms.